The van der Waals surface area contributed by atoms with Crippen molar-refractivity contribution in [1.29, 1.82) is 0 Å². The molecule has 0 atom stereocenters. The van der Waals surface area contributed by atoms with Crippen LogP contribution in [0, 0.1) is 5.82 Å². The molecule has 1 aliphatic heterocycles. The predicted molar refractivity (Wildman–Crippen MR) is 124 cm³/mol. The van der Waals surface area contributed by atoms with Crippen LogP contribution in [0.1, 0.15) is 35.1 Å². The molecule has 0 saturated heterocycles. The van der Waals surface area contributed by atoms with Gasteiger partial charge in [0, 0.05) is 36.0 Å². The molecular formula is C24H20ClFN2O3S. The SMILES string of the molecule is Cn1cc2c(cc1=O)CN=C(c1ccc(F)cc1Cl)c1ccc(CS(=O)(=O)C3CC3)cc1-2. The number of aromatic nitrogens is 1. The zero-order valence-corrected chi connectivity index (χ0v) is 18.9. The number of fused-ring (bicyclic) bond motifs is 3. The number of aryl methyl sites for hydroxylation is 1. The first-order valence-electron chi connectivity index (χ1n) is 10.3. The maximum atomic E-state index is 13.7. The summed E-state index contributed by atoms with van der Waals surface area (Å²) in [5.74, 6) is -0.476. The highest BCUT2D eigenvalue weighted by molar-refractivity contribution is 7.91. The van der Waals surface area contributed by atoms with Gasteiger partial charge in [-0.1, -0.05) is 23.7 Å². The molecular weight excluding hydrogens is 451 g/mol. The molecule has 5 rings (SSSR count). The van der Waals surface area contributed by atoms with Crippen LogP contribution in [0.2, 0.25) is 5.02 Å². The number of nitrogens with zero attached hydrogens (tertiary/aromatic N) is 2. The monoisotopic (exact) mass is 470 g/mol. The topological polar surface area (TPSA) is 68.5 Å². The molecule has 2 aliphatic rings. The van der Waals surface area contributed by atoms with Gasteiger partial charge >= 0.3 is 0 Å². The number of benzene rings is 2. The third-order valence-electron chi connectivity index (χ3n) is 5.94. The third kappa shape index (κ3) is 3.80. The second kappa shape index (κ2) is 7.67. The van der Waals surface area contributed by atoms with Gasteiger partial charge in [-0.3, -0.25) is 9.79 Å². The van der Waals surface area contributed by atoms with Crippen molar-refractivity contribution in [2.45, 2.75) is 30.4 Å². The Morgan fingerprint density at radius 2 is 1.81 bits per heavy atom. The van der Waals surface area contributed by atoms with E-state index in [2.05, 4.69) is 0 Å². The Morgan fingerprint density at radius 3 is 2.53 bits per heavy atom. The molecule has 3 aromatic rings. The van der Waals surface area contributed by atoms with Crippen molar-refractivity contribution < 1.29 is 12.8 Å². The Balaban J connectivity index is 1.71. The van der Waals surface area contributed by atoms with Gasteiger partial charge < -0.3 is 4.57 Å². The van der Waals surface area contributed by atoms with Gasteiger partial charge in [0.15, 0.2) is 9.84 Å². The van der Waals surface area contributed by atoms with Crippen LogP contribution in [0.3, 0.4) is 0 Å². The molecule has 8 heteroatoms. The zero-order chi connectivity index (χ0) is 22.6. The standard InChI is InChI=1S/C24H20ClFN2O3S/c1-28-12-21-15(9-23(28)29)11-27-24(19-7-3-16(26)10-22(19)25)18-6-2-14(8-20(18)21)13-32(30,31)17-4-5-17/h2-3,6-10,12,17H,4-5,11,13H2,1H3. The van der Waals surface area contributed by atoms with Gasteiger partial charge in [0.05, 0.1) is 28.3 Å². The first-order chi connectivity index (χ1) is 15.2. The van der Waals surface area contributed by atoms with E-state index in [0.29, 0.717) is 16.8 Å². The van der Waals surface area contributed by atoms with E-state index in [-0.39, 0.29) is 28.1 Å². The minimum absolute atomic E-state index is 0.0319. The fraction of sp³-hybridized carbons (Fsp3) is 0.250. The minimum atomic E-state index is -3.19. The van der Waals surface area contributed by atoms with Crippen molar-refractivity contribution in [3.05, 3.63) is 92.1 Å². The quantitative estimate of drug-likeness (QED) is 0.571. The maximum Gasteiger partial charge on any atom is 0.250 e. The van der Waals surface area contributed by atoms with Gasteiger partial charge in [-0.05, 0) is 53.8 Å². The lowest BCUT2D eigenvalue weighted by molar-refractivity contribution is 0.594. The van der Waals surface area contributed by atoms with E-state index in [4.69, 9.17) is 16.6 Å². The smallest absolute Gasteiger partial charge is 0.250 e. The lowest BCUT2D eigenvalue weighted by atomic mass is 9.92. The van der Waals surface area contributed by atoms with E-state index in [9.17, 15) is 17.6 Å². The Labute approximate surface area is 190 Å². The molecule has 0 radical (unpaired) electrons. The average Bonchev–Trinajstić information content (AvgIpc) is 3.58. The maximum absolute atomic E-state index is 13.7. The van der Waals surface area contributed by atoms with E-state index in [1.165, 1.54) is 16.7 Å². The second-order valence-electron chi connectivity index (χ2n) is 8.34. The second-order valence-corrected chi connectivity index (χ2v) is 11.0. The van der Waals surface area contributed by atoms with Crippen molar-refractivity contribution in [1.82, 2.24) is 4.57 Å². The molecule has 0 amide bonds. The molecule has 0 N–H and O–H groups in total. The Bertz CT molecular complexity index is 1460. The highest BCUT2D eigenvalue weighted by Crippen LogP contribution is 2.36. The third-order valence-corrected chi connectivity index (χ3v) is 8.47. The lowest BCUT2D eigenvalue weighted by Crippen LogP contribution is -2.16. The summed E-state index contributed by atoms with van der Waals surface area (Å²) in [5.41, 5.74) is 4.76. The van der Waals surface area contributed by atoms with Crippen molar-refractivity contribution >= 4 is 27.1 Å². The minimum Gasteiger partial charge on any atom is -0.318 e. The van der Waals surface area contributed by atoms with Crippen LogP contribution in [-0.2, 0) is 29.2 Å². The number of pyridine rings is 1. The average molecular weight is 471 g/mol. The number of sulfone groups is 1. The first kappa shape index (κ1) is 21.1. The van der Waals surface area contributed by atoms with Crippen molar-refractivity contribution in [2.75, 3.05) is 0 Å². The summed E-state index contributed by atoms with van der Waals surface area (Å²) in [5, 5.41) is -0.0133. The van der Waals surface area contributed by atoms with Gasteiger partial charge in [-0.15, -0.1) is 0 Å². The zero-order valence-electron chi connectivity index (χ0n) is 17.3. The molecule has 2 aromatic carbocycles. The van der Waals surface area contributed by atoms with Crippen LogP contribution in [0.5, 0.6) is 0 Å². The van der Waals surface area contributed by atoms with E-state index in [1.54, 1.807) is 31.4 Å². The molecule has 0 unspecified atom stereocenters. The molecule has 32 heavy (non-hydrogen) atoms. The number of halogens is 2. The van der Waals surface area contributed by atoms with Crippen LogP contribution in [-0.4, -0.2) is 23.9 Å². The van der Waals surface area contributed by atoms with Gasteiger partial charge in [-0.2, -0.15) is 0 Å². The van der Waals surface area contributed by atoms with Crippen molar-refractivity contribution in [3.8, 4) is 11.1 Å². The number of rotatable bonds is 4. The molecule has 164 valence electrons. The van der Waals surface area contributed by atoms with Crippen LogP contribution in [0.4, 0.5) is 4.39 Å². The summed E-state index contributed by atoms with van der Waals surface area (Å²) >= 11 is 6.35. The fourth-order valence-corrected chi connectivity index (χ4v) is 6.08. The van der Waals surface area contributed by atoms with Crippen molar-refractivity contribution in [2.24, 2.45) is 12.0 Å². The highest BCUT2D eigenvalue weighted by atomic mass is 35.5. The normalized spacial score (nSPS) is 15.5. The Kier molecular flexibility index (Phi) is 5.06. The van der Waals surface area contributed by atoms with Crippen molar-refractivity contribution in [3.63, 3.8) is 0 Å². The molecule has 1 fully saturated rings. The van der Waals surface area contributed by atoms with Gasteiger partial charge in [0.2, 0.25) is 0 Å². The molecule has 1 saturated carbocycles. The summed E-state index contributed by atoms with van der Waals surface area (Å²) in [4.78, 5) is 17.0. The Morgan fingerprint density at radius 1 is 1.06 bits per heavy atom. The largest absolute Gasteiger partial charge is 0.318 e. The number of hydrogen-bond acceptors (Lipinski definition) is 4. The molecule has 1 aromatic heterocycles. The van der Waals surface area contributed by atoms with E-state index in [0.717, 1.165) is 35.1 Å². The van der Waals surface area contributed by atoms with Crippen LogP contribution in [0.25, 0.3) is 11.1 Å². The van der Waals surface area contributed by atoms with Gasteiger partial charge in [0.1, 0.15) is 5.82 Å². The molecule has 1 aliphatic carbocycles. The van der Waals surface area contributed by atoms with Crippen LogP contribution >= 0.6 is 11.6 Å². The summed E-state index contributed by atoms with van der Waals surface area (Å²) in [6, 6.07) is 11.2. The van der Waals surface area contributed by atoms with E-state index < -0.39 is 15.7 Å². The predicted octanol–water partition coefficient (Wildman–Crippen LogP) is 4.27. The van der Waals surface area contributed by atoms with Crippen LogP contribution in [0.15, 0.2) is 58.4 Å². The van der Waals surface area contributed by atoms with Gasteiger partial charge in [-0.25, -0.2) is 12.8 Å². The molecule has 5 nitrogen and oxygen atoms in total. The molecule has 0 spiro atoms. The molecule has 2 heterocycles. The lowest BCUT2D eigenvalue weighted by Gasteiger charge is -2.15. The van der Waals surface area contributed by atoms with Gasteiger partial charge in [0.25, 0.3) is 5.56 Å². The Hall–Kier alpha value is -2.77. The summed E-state index contributed by atoms with van der Waals surface area (Å²) in [7, 11) is -1.52. The van der Waals surface area contributed by atoms with Crippen LogP contribution < -0.4 is 5.56 Å². The number of aliphatic imine (C=N–C) groups is 1. The number of hydrogen-bond donors (Lipinski definition) is 0. The van der Waals surface area contributed by atoms with E-state index in [1.807, 2.05) is 12.1 Å². The summed E-state index contributed by atoms with van der Waals surface area (Å²) in [6.07, 6.45) is 3.19. The first-order valence-corrected chi connectivity index (χ1v) is 12.4. The highest BCUT2D eigenvalue weighted by Gasteiger charge is 2.35. The fourth-order valence-electron chi connectivity index (χ4n) is 4.09. The molecule has 0 bridgehead atoms. The summed E-state index contributed by atoms with van der Waals surface area (Å²) in [6.45, 7) is 0.249. The van der Waals surface area contributed by atoms with E-state index >= 15 is 0 Å². The summed E-state index contributed by atoms with van der Waals surface area (Å²) < 4.78 is 40.3.